The summed E-state index contributed by atoms with van der Waals surface area (Å²) < 4.78 is 11.3. The Labute approximate surface area is 115 Å². The summed E-state index contributed by atoms with van der Waals surface area (Å²) in [5.74, 6) is 0.805. The van der Waals surface area contributed by atoms with Gasteiger partial charge in [0.25, 0.3) is 0 Å². The van der Waals surface area contributed by atoms with Crippen molar-refractivity contribution in [2.45, 2.75) is 65.0 Å². The Kier molecular flexibility index (Phi) is 5.70. The fraction of sp³-hybridized carbons (Fsp3) is 0.800. The molecule has 4 heteroatoms. The molecule has 0 saturated heterocycles. The molecule has 1 aliphatic rings. The minimum absolute atomic E-state index is 0.286. The predicted octanol–water partition coefficient (Wildman–Crippen LogP) is 3.52. The number of nitrogens with one attached hydrogen (secondary N) is 1. The Morgan fingerprint density at radius 2 is 2.32 bits per heavy atom. The zero-order valence-corrected chi connectivity index (χ0v) is 12.2. The first-order chi connectivity index (χ1) is 9.31. The second-order valence-electron chi connectivity index (χ2n) is 5.46. The highest BCUT2D eigenvalue weighted by Gasteiger charge is 2.23. The molecule has 2 unspecified atom stereocenters. The number of rotatable bonds is 7. The standard InChI is InChI=1S/C15H26N2O2/c1-3-8-16-10-13-11-18-15(17-13)19-14-7-5-6-12(4-2)9-14/h11-12,14,16H,3-10H2,1-2H3. The van der Waals surface area contributed by atoms with E-state index in [2.05, 4.69) is 24.1 Å². The minimum Gasteiger partial charge on any atom is -0.447 e. The molecule has 1 aromatic heterocycles. The molecular weight excluding hydrogens is 240 g/mol. The van der Waals surface area contributed by atoms with Crippen LogP contribution in [0.25, 0.3) is 0 Å². The summed E-state index contributed by atoms with van der Waals surface area (Å²) in [6, 6.07) is 0. The zero-order chi connectivity index (χ0) is 13.5. The first-order valence-electron chi connectivity index (χ1n) is 7.63. The molecular formula is C15H26N2O2. The Morgan fingerprint density at radius 3 is 3.11 bits per heavy atom. The largest absolute Gasteiger partial charge is 0.447 e. The highest BCUT2D eigenvalue weighted by molar-refractivity contribution is 5.00. The summed E-state index contributed by atoms with van der Waals surface area (Å²) in [6.45, 7) is 6.17. The molecule has 0 amide bonds. The van der Waals surface area contributed by atoms with E-state index in [0.29, 0.717) is 6.08 Å². The third-order valence-corrected chi connectivity index (χ3v) is 3.84. The normalized spacial score (nSPS) is 23.5. The van der Waals surface area contributed by atoms with Crippen LogP contribution in [0.4, 0.5) is 0 Å². The van der Waals surface area contributed by atoms with E-state index in [0.717, 1.165) is 44.0 Å². The summed E-state index contributed by atoms with van der Waals surface area (Å²) in [6.07, 6.45) is 9.66. The van der Waals surface area contributed by atoms with Crippen molar-refractivity contribution in [3.05, 3.63) is 12.0 Å². The number of hydrogen-bond acceptors (Lipinski definition) is 4. The van der Waals surface area contributed by atoms with E-state index in [1.807, 2.05) is 0 Å². The molecule has 1 aliphatic carbocycles. The Balaban J connectivity index is 1.78. The third-order valence-electron chi connectivity index (χ3n) is 3.84. The third kappa shape index (κ3) is 4.53. The van der Waals surface area contributed by atoms with Gasteiger partial charge in [0.05, 0.1) is 5.69 Å². The van der Waals surface area contributed by atoms with E-state index in [4.69, 9.17) is 9.15 Å². The molecule has 108 valence electrons. The molecule has 19 heavy (non-hydrogen) atoms. The van der Waals surface area contributed by atoms with Crippen LogP contribution >= 0.6 is 0 Å². The molecule has 0 radical (unpaired) electrons. The first-order valence-corrected chi connectivity index (χ1v) is 7.63. The molecule has 0 aliphatic heterocycles. The van der Waals surface area contributed by atoms with Crippen LogP contribution in [0.1, 0.15) is 58.1 Å². The van der Waals surface area contributed by atoms with Crippen molar-refractivity contribution in [2.24, 2.45) is 5.92 Å². The van der Waals surface area contributed by atoms with Crippen molar-refractivity contribution in [3.63, 3.8) is 0 Å². The van der Waals surface area contributed by atoms with Crippen molar-refractivity contribution < 1.29 is 9.15 Å². The van der Waals surface area contributed by atoms with Gasteiger partial charge in [-0.3, -0.25) is 0 Å². The fourth-order valence-electron chi connectivity index (χ4n) is 2.68. The van der Waals surface area contributed by atoms with Gasteiger partial charge in [-0.2, -0.15) is 4.98 Å². The Morgan fingerprint density at radius 1 is 1.42 bits per heavy atom. The van der Waals surface area contributed by atoms with Gasteiger partial charge in [-0.15, -0.1) is 0 Å². The topological polar surface area (TPSA) is 47.3 Å². The average molecular weight is 266 g/mol. The van der Waals surface area contributed by atoms with Crippen molar-refractivity contribution in [1.29, 1.82) is 0 Å². The second kappa shape index (κ2) is 7.53. The molecule has 0 spiro atoms. The van der Waals surface area contributed by atoms with Gasteiger partial charge in [-0.1, -0.05) is 26.7 Å². The maximum atomic E-state index is 5.87. The van der Waals surface area contributed by atoms with E-state index in [1.165, 1.54) is 19.3 Å². The molecule has 0 bridgehead atoms. The first kappa shape index (κ1) is 14.4. The Bertz CT molecular complexity index is 365. The van der Waals surface area contributed by atoms with E-state index in [-0.39, 0.29) is 6.10 Å². The van der Waals surface area contributed by atoms with Gasteiger partial charge in [0.2, 0.25) is 0 Å². The molecule has 0 aromatic carbocycles. The van der Waals surface area contributed by atoms with Gasteiger partial charge in [0, 0.05) is 6.54 Å². The predicted molar refractivity (Wildman–Crippen MR) is 75.2 cm³/mol. The average Bonchev–Trinajstić information content (AvgIpc) is 2.87. The van der Waals surface area contributed by atoms with Crippen LogP contribution in [0.15, 0.2) is 10.7 Å². The van der Waals surface area contributed by atoms with Crippen LogP contribution in [0.3, 0.4) is 0 Å². The van der Waals surface area contributed by atoms with Crippen molar-refractivity contribution in [3.8, 4) is 6.08 Å². The van der Waals surface area contributed by atoms with Gasteiger partial charge in [0.1, 0.15) is 12.4 Å². The molecule has 1 saturated carbocycles. The number of nitrogens with zero attached hydrogens (tertiary/aromatic N) is 1. The lowest BCUT2D eigenvalue weighted by atomic mass is 9.86. The lowest BCUT2D eigenvalue weighted by Gasteiger charge is -2.27. The van der Waals surface area contributed by atoms with Crippen LogP contribution in [-0.4, -0.2) is 17.6 Å². The van der Waals surface area contributed by atoms with Gasteiger partial charge >= 0.3 is 6.08 Å². The van der Waals surface area contributed by atoms with E-state index in [1.54, 1.807) is 6.26 Å². The van der Waals surface area contributed by atoms with Crippen LogP contribution in [-0.2, 0) is 6.54 Å². The molecule has 1 heterocycles. The number of hydrogen-bond donors (Lipinski definition) is 1. The van der Waals surface area contributed by atoms with Crippen LogP contribution < -0.4 is 10.1 Å². The highest BCUT2D eigenvalue weighted by Crippen LogP contribution is 2.29. The highest BCUT2D eigenvalue weighted by atomic mass is 16.6. The van der Waals surface area contributed by atoms with E-state index < -0.39 is 0 Å². The van der Waals surface area contributed by atoms with Crippen molar-refractivity contribution >= 4 is 0 Å². The van der Waals surface area contributed by atoms with Gasteiger partial charge in [0.15, 0.2) is 0 Å². The van der Waals surface area contributed by atoms with Crippen LogP contribution in [0.2, 0.25) is 0 Å². The van der Waals surface area contributed by atoms with Crippen LogP contribution in [0.5, 0.6) is 6.08 Å². The Hall–Kier alpha value is -1.03. The molecule has 1 aromatic rings. The van der Waals surface area contributed by atoms with E-state index in [9.17, 15) is 0 Å². The second-order valence-corrected chi connectivity index (χ2v) is 5.46. The van der Waals surface area contributed by atoms with E-state index >= 15 is 0 Å². The zero-order valence-electron chi connectivity index (χ0n) is 12.2. The molecule has 1 N–H and O–H groups in total. The fourth-order valence-corrected chi connectivity index (χ4v) is 2.68. The smallest absolute Gasteiger partial charge is 0.394 e. The summed E-state index contributed by atoms with van der Waals surface area (Å²) >= 11 is 0. The molecule has 1 fully saturated rings. The lowest BCUT2D eigenvalue weighted by molar-refractivity contribution is 0.0887. The maximum absolute atomic E-state index is 5.87. The van der Waals surface area contributed by atoms with Crippen LogP contribution in [0, 0.1) is 5.92 Å². The quantitative estimate of drug-likeness (QED) is 0.767. The van der Waals surface area contributed by atoms with Gasteiger partial charge in [-0.05, 0) is 38.1 Å². The summed E-state index contributed by atoms with van der Waals surface area (Å²) in [5.41, 5.74) is 0.923. The molecule has 2 rings (SSSR count). The number of ether oxygens (including phenoxy) is 1. The van der Waals surface area contributed by atoms with Gasteiger partial charge in [-0.25, -0.2) is 0 Å². The number of aromatic nitrogens is 1. The van der Waals surface area contributed by atoms with Crippen molar-refractivity contribution in [2.75, 3.05) is 6.54 Å². The minimum atomic E-state index is 0.286. The summed E-state index contributed by atoms with van der Waals surface area (Å²) in [5, 5.41) is 3.31. The molecule has 2 atom stereocenters. The lowest BCUT2D eigenvalue weighted by Crippen LogP contribution is -2.25. The van der Waals surface area contributed by atoms with Crippen molar-refractivity contribution in [1.82, 2.24) is 10.3 Å². The maximum Gasteiger partial charge on any atom is 0.394 e. The van der Waals surface area contributed by atoms with Gasteiger partial charge < -0.3 is 14.5 Å². The summed E-state index contributed by atoms with van der Waals surface area (Å²) in [4.78, 5) is 4.38. The SMILES string of the molecule is CCCNCc1coc(OC2CCCC(CC)C2)n1. The monoisotopic (exact) mass is 266 g/mol. The number of oxazole rings is 1. The summed E-state index contributed by atoms with van der Waals surface area (Å²) in [7, 11) is 0. The molecule has 4 nitrogen and oxygen atoms in total.